The Morgan fingerprint density at radius 2 is 2.07 bits per heavy atom. The van der Waals surface area contributed by atoms with E-state index in [4.69, 9.17) is 4.74 Å². The summed E-state index contributed by atoms with van der Waals surface area (Å²) in [6.45, 7) is 2.79. The smallest absolute Gasteiger partial charge is 0.234 e. The molecule has 2 aromatic heterocycles. The van der Waals surface area contributed by atoms with Gasteiger partial charge in [0.25, 0.3) is 0 Å². The van der Waals surface area contributed by atoms with Crippen molar-refractivity contribution in [3.8, 4) is 17.1 Å². The minimum absolute atomic E-state index is 0.101. The first-order chi connectivity index (χ1) is 14.2. The molecule has 0 radical (unpaired) electrons. The van der Waals surface area contributed by atoms with Crippen molar-refractivity contribution in [2.24, 2.45) is 0 Å². The SMILES string of the molecule is CCn1c(SCC(=O)Nc2cccc(OC)c2)nnc1-c1csc2ccccc12. The van der Waals surface area contributed by atoms with Crippen molar-refractivity contribution in [1.82, 2.24) is 14.8 Å². The molecule has 0 unspecified atom stereocenters. The highest BCUT2D eigenvalue weighted by Gasteiger charge is 2.17. The third-order valence-corrected chi connectivity index (χ3v) is 6.37. The zero-order valence-corrected chi connectivity index (χ0v) is 17.7. The maximum atomic E-state index is 12.4. The number of nitrogens with zero attached hydrogens (tertiary/aromatic N) is 3. The Balaban J connectivity index is 1.49. The summed E-state index contributed by atoms with van der Waals surface area (Å²) in [6.07, 6.45) is 0. The van der Waals surface area contributed by atoms with E-state index in [2.05, 4.69) is 44.5 Å². The molecule has 0 atom stereocenters. The van der Waals surface area contributed by atoms with Crippen LogP contribution in [0.4, 0.5) is 5.69 Å². The summed E-state index contributed by atoms with van der Waals surface area (Å²) >= 11 is 3.08. The number of hydrogen-bond acceptors (Lipinski definition) is 6. The molecule has 0 bridgehead atoms. The predicted octanol–water partition coefficient (Wildman–Crippen LogP) is 4.92. The second-order valence-corrected chi connectivity index (χ2v) is 8.12. The molecule has 4 aromatic rings. The molecular weight excluding hydrogens is 404 g/mol. The number of hydrogen-bond donors (Lipinski definition) is 1. The lowest BCUT2D eigenvalue weighted by Gasteiger charge is -2.08. The van der Waals surface area contributed by atoms with Gasteiger partial charge < -0.3 is 14.6 Å². The van der Waals surface area contributed by atoms with E-state index >= 15 is 0 Å². The molecule has 0 aliphatic heterocycles. The number of thiophene rings is 1. The molecule has 1 amide bonds. The van der Waals surface area contributed by atoms with Crippen molar-refractivity contribution in [3.63, 3.8) is 0 Å². The number of ether oxygens (including phenoxy) is 1. The van der Waals surface area contributed by atoms with Gasteiger partial charge in [-0.25, -0.2) is 0 Å². The van der Waals surface area contributed by atoms with Crippen molar-refractivity contribution >= 4 is 44.8 Å². The Morgan fingerprint density at radius 1 is 1.21 bits per heavy atom. The number of fused-ring (bicyclic) bond motifs is 1. The number of anilines is 1. The Morgan fingerprint density at radius 3 is 2.90 bits per heavy atom. The van der Waals surface area contributed by atoms with Gasteiger partial charge in [-0.2, -0.15) is 0 Å². The van der Waals surface area contributed by atoms with Crippen molar-refractivity contribution in [1.29, 1.82) is 0 Å². The largest absolute Gasteiger partial charge is 0.497 e. The number of carbonyl (C=O) groups is 1. The first-order valence-corrected chi connectivity index (χ1v) is 11.0. The zero-order chi connectivity index (χ0) is 20.2. The summed E-state index contributed by atoms with van der Waals surface area (Å²) < 4.78 is 8.46. The number of rotatable bonds is 7. The van der Waals surface area contributed by atoms with Gasteiger partial charge in [0.05, 0.1) is 12.9 Å². The molecule has 8 heteroatoms. The predicted molar refractivity (Wildman–Crippen MR) is 119 cm³/mol. The third kappa shape index (κ3) is 4.13. The maximum absolute atomic E-state index is 12.4. The number of nitrogens with one attached hydrogen (secondary N) is 1. The summed E-state index contributed by atoms with van der Waals surface area (Å²) in [5.74, 6) is 1.69. The van der Waals surface area contributed by atoms with Gasteiger partial charge in [-0.05, 0) is 25.1 Å². The second kappa shape index (κ2) is 8.67. The van der Waals surface area contributed by atoms with Crippen LogP contribution in [0.5, 0.6) is 5.75 Å². The van der Waals surface area contributed by atoms with Gasteiger partial charge in [0.15, 0.2) is 11.0 Å². The average molecular weight is 425 g/mol. The van der Waals surface area contributed by atoms with Gasteiger partial charge >= 0.3 is 0 Å². The standard InChI is InChI=1S/C21H20N4O2S2/c1-3-25-20(17-12-28-18-10-5-4-9-16(17)18)23-24-21(25)29-13-19(26)22-14-7-6-8-15(11-14)27-2/h4-12H,3,13H2,1-2H3,(H,22,26). The normalized spacial score (nSPS) is 11.0. The van der Waals surface area contributed by atoms with E-state index in [0.29, 0.717) is 11.4 Å². The van der Waals surface area contributed by atoms with Crippen LogP contribution in [0.1, 0.15) is 6.92 Å². The number of benzene rings is 2. The topological polar surface area (TPSA) is 69.0 Å². The lowest BCUT2D eigenvalue weighted by molar-refractivity contribution is -0.113. The zero-order valence-electron chi connectivity index (χ0n) is 16.1. The minimum atomic E-state index is -0.101. The molecule has 6 nitrogen and oxygen atoms in total. The van der Waals surface area contributed by atoms with Crippen LogP contribution in [-0.4, -0.2) is 33.5 Å². The Bertz CT molecular complexity index is 1150. The average Bonchev–Trinajstić information content (AvgIpc) is 3.35. The molecule has 29 heavy (non-hydrogen) atoms. The van der Waals surface area contributed by atoms with Crippen LogP contribution in [-0.2, 0) is 11.3 Å². The highest BCUT2D eigenvalue weighted by Crippen LogP contribution is 2.34. The molecule has 2 aromatic carbocycles. The minimum Gasteiger partial charge on any atom is -0.497 e. The molecule has 0 aliphatic carbocycles. The van der Waals surface area contributed by atoms with Crippen LogP contribution < -0.4 is 10.1 Å². The van der Waals surface area contributed by atoms with Gasteiger partial charge in [0.1, 0.15) is 5.75 Å². The van der Waals surface area contributed by atoms with Crippen molar-refractivity contribution in [2.75, 3.05) is 18.2 Å². The monoisotopic (exact) mass is 424 g/mol. The molecule has 0 fully saturated rings. The first kappa shape index (κ1) is 19.5. The third-order valence-electron chi connectivity index (χ3n) is 4.44. The lowest BCUT2D eigenvalue weighted by Crippen LogP contribution is -2.14. The maximum Gasteiger partial charge on any atom is 0.234 e. The van der Waals surface area contributed by atoms with Gasteiger partial charge in [-0.15, -0.1) is 21.5 Å². The van der Waals surface area contributed by atoms with Crippen LogP contribution in [0.25, 0.3) is 21.5 Å². The molecule has 4 rings (SSSR count). The first-order valence-electron chi connectivity index (χ1n) is 9.16. The molecule has 0 spiro atoms. The Labute approximate surface area is 176 Å². The molecule has 0 aliphatic rings. The fourth-order valence-electron chi connectivity index (χ4n) is 3.06. The van der Waals surface area contributed by atoms with Crippen LogP contribution in [0.2, 0.25) is 0 Å². The highest BCUT2D eigenvalue weighted by atomic mass is 32.2. The lowest BCUT2D eigenvalue weighted by atomic mass is 10.1. The van der Waals surface area contributed by atoms with Crippen LogP contribution in [0.15, 0.2) is 59.1 Å². The Hall–Kier alpha value is -2.84. The van der Waals surface area contributed by atoms with Crippen molar-refractivity contribution in [3.05, 3.63) is 53.9 Å². The highest BCUT2D eigenvalue weighted by molar-refractivity contribution is 7.99. The number of amides is 1. The van der Waals surface area contributed by atoms with Gasteiger partial charge in [-0.1, -0.05) is 36.0 Å². The van der Waals surface area contributed by atoms with Crippen LogP contribution in [0, 0.1) is 0 Å². The van der Waals surface area contributed by atoms with E-state index < -0.39 is 0 Å². The van der Waals surface area contributed by atoms with Crippen LogP contribution >= 0.6 is 23.1 Å². The van der Waals surface area contributed by atoms with E-state index in [1.165, 1.54) is 21.8 Å². The number of thioether (sulfide) groups is 1. The van der Waals surface area contributed by atoms with E-state index in [-0.39, 0.29) is 11.7 Å². The molecule has 0 saturated carbocycles. The number of aromatic nitrogens is 3. The van der Waals surface area contributed by atoms with Crippen molar-refractivity contribution < 1.29 is 9.53 Å². The summed E-state index contributed by atoms with van der Waals surface area (Å²) in [4.78, 5) is 12.4. The fraction of sp³-hybridized carbons (Fsp3) is 0.190. The van der Waals surface area contributed by atoms with Crippen LogP contribution in [0.3, 0.4) is 0 Å². The second-order valence-electron chi connectivity index (χ2n) is 6.26. The summed E-state index contributed by atoms with van der Waals surface area (Å²) in [5, 5.41) is 15.7. The summed E-state index contributed by atoms with van der Waals surface area (Å²) in [6, 6.07) is 15.6. The van der Waals surface area contributed by atoms with Gasteiger partial charge in [0, 0.05) is 39.3 Å². The molecule has 1 N–H and O–H groups in total. The quantitative estimate of drug-likeness (QED) is 0.427. The molecular formula is C21H20N4O2S2. The fourth-order valence-corrected chi connectivity index (χ4v) is 4.80. The Kier molecular flexibility index (Phi) is 5.82. The van der Waals surface area contributed by atoms with Crippen molar-refractivity contribution in [2.45, 2.75) is 18.6 Å². The van der Waals surface area contributed by atoms with Gasteiger partial charge in [-0.3, -0.25) is 4.79 Å². The van der Waals surface area contributed by atoms with E-state index in [0.717, 1.165) is 23.1 Å². The molecule has 0 saturated heterocycles. The molecule has 148 valence electrons. The number of carbonyl (C=O) groups excluding carboxylic acids is 1. The summed E-state index contributed by atoms with van der Waals surface area (Å²) in [7, 11) is 1.60. The number of methoxy groups -OCH3 is 1. The van der Waals surface area contributed by atoms with Gasteiger partial charge in [0.2, 0.25) is 5.91 Å². The van der Waals surface area contributed by atoms with E-state index in [1.807, 2.05) is 30.3 Å². The van der Waals surface area contributed by atoms with E-state index in [9.17, 15) is 4.79 Å². The molecule has 2 heterocycles. The summed E-state index contributed by atoms with van der Waals surface area (Å²) in [5.41, 5.74) is 1.78. The van der Waals surface area contributed by atoms with E-state index in [1.54, 1.807) is 24.5 Å².